The molecule has 162 valence electrons. The number of nitrogens with zero attached hydrogens (tertiary/aromatic N) is 2. The number of aromatic nitrogens is 2. The summed E-state index contributed by atoms with van der Waals surface area (Å²) in [5.41, 5.74) is 0. The molecule has 0 saturated heterocycles. The first kappa shape index (κ1) is 24.7. The zero-order valence-corrected chi connectivity index (χ0v) is 18.8. The Bertz CT molecular complexity index is 484. The van der Waals surface area contributed by atoms with E-state index in [0.717, 1.165) is 13.0 Å². The molecule has 0 saturated carbocycles. The molecule has 1 amide bonds. The Kier molecular flexibility index (Phi) is 15.7. The van der Waals surface area contributed by atoms with Crippen LogP contribution in [-0.4, -0.2) is 17.0 Å². The van der Waals surface area contributed by atoms with Crippen LogP contribution in [0, 0.1) is 0 Å². The van der Waals surface area contributed by atoms with Crippen molar-refractivity contribution in [3.8, 4) is 0 Å². The van der Waals surface area contributed by atoms with Crippen molar-refractivity contribution < 1.29 is 9.36 Å². The highest BCUT2D eigenvalue weighted by Gasteiger charge is 2.03. The van der Waals surface area contributed by atoms with E-state index in [2.05, 4.69) is 16.8 Å². The lowest BCUT2D eigenvalue weighted by atomic mass is 10.0. The van der Waals surface area contributed by atoms with Crippen LogP contribution < -0.4 is 9.88 Å². The standard InChI is InChI=1S/C24H45N3O/c1-3-4-5-6-7-8-9-10-11-12-13-14-15-16-17-18-24(28)25-19-20-27-22-21-26(2)23-27/h21-23H,3-20H2,1-2H3/p+1. The summed E-state index contributed by atoms with van der Waals surface area (Å²) in [7, 11) is 2.01. The van der Waals surface area contributed by atoms with Gasteiger partial charge in [0.15, 0.2) is 0 Å². The number of aryl methyl sites for hydroxylation is 1. The fraction of sp³-hybridized carbons (Fsp3) is 0.833. The quantitative estimate of drug-likeness (QED) is 0.238. The number of carbonyl (C=O) groups is 1. The lowest BCUT2D eigenvalue weighted by Gasteiger charge is -2.05. The maximum atomic E-state index is 11.8. The van der Waals surface area contributed by atoms with Crippen molar-refractivity contribution in [3.63, 3.8) is 0 Å². The zero-order chi connectivity index (χ0) is 20.3. The molecule has 1 heterocycles. The van der Waals surface area contributed by atoms with Crippen molar-refractivity contribution in [1.82, 2.24) is 9.88 Å². The van der Waals surface area contributed by atoms with Crippen molar-refractivity contribution in [2.24, 2.45) is 7.05 Å². The van der Waals surface area contributed by atoms with Gasteiger partial charge in [0.05, 0.1) is 13.6 Å². The minimum Gasteiger partial charge on any atom is -0.352 e. The van der Waals surface area contributed by atoms with E-state index < -0.39 is 0 Å². The van der Waals surface area contributed by atoms with Crippen LogP contribution in [0.25, 0.3) is 0 Å². The van der Waals surface area contributed by atoms with Gasteiger partial charge in [0.1, 0.15) is 18.9 Å². The summed E-state index contributed by atoms with van der Waals surface area (Å²) in [5, 5.41) is 3.02. The summed E-state index contributed by atoms with van der Waals surface area (Å²) >= 11 is 0. The molecule has 28 heavy (non-hydrogen) atoms. The van der Waals surface area contributed by atoms with E-state index in [-0.39, 0.29) is 5.91 Å². The van der Waals surface area contributed by atoms with Crippen LogP contribution in [-0.2, 0) is 18.4 Å². The van der Waals surface area contributed by atoms with Crippen LogP contribution >= 0.6 is 0 Å². The SMILES string of the molecule is CCCCCCCCCCCCCCCCCC(=O)NCCn1cc[n+](C)c1. The molecule has 0 bridgehead atoms. The van der Waals surface area contributed by atoms with Gasteiger partial charge in [-0.2, -0.15) is 0 Å². The molecular weight excluding hydrogens is 346 g/mol. The molecule has 0 atom stereocenters. The Balaban J connectivity index is 1.76. The lowest BCUT2D eigenvalue weighted by Crippen LogP contribution is -2.28. The van der Waals surface area contributed by atoms with Crippen LogP contribution in [0.4, 0.5) is 0 Å². The molecule has 0 aliphatic heterocycles. The van der Waals surface area contributed by atoms with Gasteiger partial charge in [-0.05, 0) is 6.42 Å². The summed E-state index contributed by atoms with van der Waals surface area (Å²) in [5.74, 6) is 0.200. The van der Waals surface area contributed by atoms with Gasteiger partial charge in [-0.15, -0.1) is 0 Å². The number of hydrogen-bond acceptors (Lipinski definition) is 1. The Morgan fingerprint density at radius 1 is 0.821 bits per heavy atom. The minimum atomic E-state index is 0.200. The van der Waals surface area contributed by atoms with Gasteiger partial charge >= 0.3 is 0 Å². The van der Waals surface area contributed by atoms with Crippen LogP contribution in [0.15, 0.2) is 18.7 Å². The molecule has 0 aromatic carbocycles. The van der Waals surface area contributed by atoms with Gasteiger partial charge in [-0.25, -0.2) is 9.13 Å². The number of imidazole rings is 1. The van der Waals surface area contributed by atoms with Gasteiger partial charge in [-0.3, -0.25) is 4.79 Å². The number of rotatable bonds is 19. The summed E-state index contributed by atoms with van der Waals surface area (Å²) in [6.45, 7) is 3.84. The van der Waals surface area contributed by atoms with Gasteiger partial charge in [-0.1, -0.05) is 96.8 Å². The van der Waals surface area contributed by atoms with Crippen LogP contribution in [0.3, 0.4) is 0 Å². The van der Waals surface area contributed by atoms with Gasteiger partial charge < -0.3 is 5.32 Å². The third-order valence-corrected chi connectivity index (χ3v) is 5.52. The molecule has 0 aliphatic carbocycles. The average molecular weight is 393 g/mol. The van der Waals surface area contributed by atoms with E-state index in [1.165, 1.54) is 89.9 Å². The van der Waals surface area contributed by atoms with Crippen LogP contribution in [0.2, 0.25) is 0 Å². The fourth-order valence-electron chi connectivity index (χ4n) is 3.70. The predicted molar refractivity (Wildman–Crippen MR) is 118 cm³/mol. The summed E-state index contributed by atoms with van der Waals surface area (Å²) in [6.07, 6.45) is 27.2. The summed E-state index contributed by atoms with van der Waals surface area (Å²) in [6, 6.07) is 0. The highest BCUT2D eigenvalue weighted by molar-refractivity contribution is 5.75. The molecule has 1 aromatic heterocycles. The second kappa shape index (κ2) is 17.8. The van der Waals surface area contributed by atoms with Gasteiger partial charge in [0, 0.05) is 6.42 Å². The Morgan fingerprint density at radius 2 is 1.32 bits per heavy atom. The predicted octanol–water partition coefficient (Wildman–Crippen LogP) is 5.69. The van der Waals surface area contributed by atoms with Gasteiger partial charge in [0.2, 0.25) is 12.2 Å². The second-order valence-corrected chi connectivity index (χ2v) is 8.37. The molecular formula is C24H46N3O+. The molecule has 4 heteroatoms. The molecule has 0 unspecified atom stereocenters. The first-order valence-corrected chi connectivity index (χ1v) is 12.0. The molecule has 0 fully saturated rings. The minimum absolute atomic E-state index is 0.200. The molecule has 0 aliphatic rings. The van der Waals surface area contributed by atoms with E-state index >= 15 is 0 Å². The van der Waals surface area contributed by atoms with E-state index in [0.29, 0.717) is 13.0 Å². The smallest absolute Gasteiger partial charge is 0.243 e. The Labute approximate surface area is 174 Å². The first-order valence-electron chi connectivity index (χ1n) is 12.0. The molecule has 4 nitrogen and oxygen atoms in total. The highest BCUT2D eigenvalue weighted by Crippen LogP contribution is 2.13. The number of nitrogens with one attached hydrogen (secondary N) is 1. The third kappa shape index (κ3) is 14.7. The number of amides is 1. The maximum Gasteiger partial charge on any atom is 0.243 e. The average Bonchev–Trinajstić information content (AvgIpc) is 3.10. The second-order valence-electron chi connectivity index (χ2n) is 8.37. The van der Waals surface area contributed by atoms with E-state index in [1.54, 1.807) is 0 Å². The Hall–Kier alpha value is -1.32. The van der Waals surface area contributed by atoms with Crippen LogP contribution in [0.5, 0.6) is 0 Å². The lowest BCUT2D eigenvalue weighted by molar-refractivity contribution is -0.671. The first-order chi connectivity index (χ1) is 13.7. The monoisotopic (exact) mass is 392 g/mol. The topological polar surface area (TPSA) is 37.9 Å². The van der Waals surface area contributed by atoms with Crippen LogP contribution in [0.1, 0.15) is 110 Å². The van der Waals surface area contributed by atoms with Crippen molar-refractivity contribution in [2.45, 2.75) is 116 Å². The fourth-order valence-corrected chi connectivity index (χ4v) is 3.70. The molecule has 1 rings (SSSR count). The zero-order valence-electron chi connectivity index (χ0n) is 18.8. The van der Waals surface area contributed by atoms with Crippen molar-refractivity contribution in [3.05, 3.63) is 18.7 Å². The largest absolute Gasteiger partial charge is 0.352 e. The molecule has 1 aromatic rings. The van der Waals surface area contributed by atoms with Gasteiger partial charge in [0.25, 0.3) is 0 Å². The highest BCUT2D eigenvalue weighted by atomic mass is 16.1. The van der Waals surface area contributed by atoms with Crippen molar-refractivity contribution >= 4 is 5.91 Å². The normalized spacial score (nSPS) is 11.1. The van der Waals surface area contributed by atoms with E-state index in [1.807, 2.05) is 30.3 Å². The number of hydrogen-bond donors (Lipinski definition) is 1. The molecule has 0 radical (unpaired) electrons. The maximum absolute atomic E-state index is 11.8. The summed E-state index contributed by atoms with van der Waals surface area (Å²) in [4.78, 5) is 11.8. The third-order valence-electron chi connectivity index (χ3n) is 5.52. The van der Waals surface area contributed by atoms with E-state index in [4.69, 9.17) is 0 Å². The van der Waals surface area contributed by atoms with Crippen molar-refractivity contribution in [2.75, 3.05) is 6.54 Å². The molecule has 1 N–H and O–H groups in total. The molecule has 0 spiro atoms. The number of unbranched alkanes of at least 4 members (excludes halogenated alkanes) is 14. The number of carbonyl (C=O) groups excluding carboxylic acids is 1. The Morgan fingerprint density at radius 3 is 1.79 bits per heavy atom. The van der Waals surface area contributed by atoms with Crippen molar-refractivity contribution in [1.29, 1.82) is 0 Å². The summed E-state index contributed by atoms with van der Waals surface area (Å²) < 4.78 is 4.10. The van der Waals surface area contributed by atoms with E-state index in [9.17, 15) is 4.79 Å².